The van der Waals surface area contributed by atoms with Crippen molar-refractivity contribution in [2.75, 3.05) is 23.3 Å². The van der Waals surface area contributed by atoms with Crippen LogP contribution < -0.4 is 11.1 Å². The SMILES string of the molecule is Nc1nccnc1NCCSC(F)(F)F. The summed E-state index contributed by atoms with van der Waals surface area (Å²) in [5.74, 6) is 0.384. The first-order valence-corrected chi connectivity index (χ1v) is 4.98. The molecule has 0 aliphatic rings. The van der Waals surface area contributed by atoms with Gasteiger partial charge in [-0.15, -0.1) is 0 Å². The lowest BCUT2D eigenvalue weighted by molar-refractivity contribution is -0.0327. The van der Waals surface area contributed by atoms with Crippen LogP contribution in [0.1, 0.15) is 0 Å². The van der Waals surface area contributed by atoms with E-state index in [0.29, 0.717) is 5.82 Å². The first-order chi connectivity index (χ1) is 6.99. The lowest BCUT2D eigenvalue weighted by Gasteiger charge is -2.08. The van der Waals surface area contributed by atoms with E-state index in [1.807, 2.05) is 0 Å². The minimum atomic E-state index is -4.20. The van der Waals surface area contributed by atoms with Gasteiger partial charge < -0.3 is 11.1 Å². The normalized spacial score (nSPS) is 11.4. The maximum absolute atomic E-state index is 11.7. The van der Waals surface area contributed by atoms with Crippen LogP contribution in [0, 0.1) is 0 Å². The van der Waals surface area contributed by atoms with Gasteiger partial charge in [0.25, 0.3) is 0 Å². The molecule has 0 atom stereocenters. The molecule has 84 valence electrons. The van der Waals surface area contributed by atoms with Crippen LogP contribution in [0.5, 0.6) is 0 Å². The van der Waals surface area contributed by atoms with Crippen LogP contribution in [-0.2, 0) is 0 Å². The van der Waals surface area contributed by atoms with E-state index < -0.39 is 5.51 Å². The Morgan fingerprint density at radius 3 is 2.60 bits per heavy atom. The molecule has 0 fully saturated rings. The van der Waals surface area contributed by atoms with Gasteiger partial charge in [-0.2, -0.15) is 13.2 Å². The molecule has 0 amide bonds. The van der Waals surface area contributed by atoms with Crippen LogP contribution in [0.3, 0.4) is 0 Å². The minimum Gasteiger partial charge on any atom is -0.381 e. The number of anilines is 2. The van der Waals surface area contributed by atoms with E-state index >= 15 is 0 Å². The van der Waals surface area contributed by atoms with Gasteiger partial charge in [0.05, 0.1) is 0 Å². The van der Waals surface area contributed by atoms with Crippen molar-refractivity contribution in [3.63, 3.8) is 0 Å². The van der Waals surface area contributed by atoms with Gasteiger partial charge in [-0.25, -0.2) is 9.97 Å². The highest BCUT2D eigenvalue weighted by Gasteiger charge is 2.27. The number of alkyl halides is 3. The molecule has 0 aliphatic carbocycles. The maximum atomic E-state index is 11.7. The fraction of sp³-hybridized carbons (Fsp3) is 0.429. The van der Waals surface area contributed by atoms with E-state index in [-0.39, 0.29) is 29.9 Å². The molecule has 0 saturated carbocycles. The van der Waals surface area contributed by atoms with E-state index in [1.54, 1.807) is 0 Å². The summed E-state index contributed by atoms with van der Waals surface area (Å²) in [6.45, 7) is 0.132. The summed E-state index contributed by atoms with van der Waals surface area (Å²) in [4.78, 5) is 7.55. The summed E-state index contributed by atoms with van der Waals surface area (Å²) in [6.07, 6.45) is 2.82. The van der Waals surface area contributed by atoms with Crippen molar-refractivity contribution < 1.29 is 13.2 Å². The van der Waals surface area contributed by atoms with E-state index in [9.17, 15) is 13.2 Å². The third kappa shape index (κ3) is 4.73. The Labute approximate surface area is 88.5 Å². The van der Waals surface area contributed by atoms with E-state index in [0.717, 1.165) is 0 Å². The van der Waals surface area contributed by atoms with Gasteiger partial charge in [0.1, 0.15) is 0 Å². The number of halogens is 3. The molecule has 0 spiro atoms. The molecular weight excluding hydrogens is 229 g/mol. The van der Waals surface area contributed by atoms with Crippen LogP contribution in [0.2, 0.25) is 0 Å². The largest absolute Gasteiger partial charge is 0.441 e. The summed E-state index contributed by atoms with van der Waals surface area (Å²) in [5, 5.41) is 2.67. The molecule has 15 heavy (non-hydrogen) atoms. The van der Waals surface area contributed by atoms with Crippen molar-refractivity contribution in [2.45, 2.75) is 5.51 Å². The number of nitrogens with one attached hydrogen (secondary N) is 1. The number of aromatic nitrogens is 2. The zero-order chi connectivity index (χ0) is 11.3. The average Bonchev–Trinajstić information content (AvgIpc) is 2.13. The highest BCUT2D eigenvalue weighted by molar-refractivity contribution is 8.00. The molecule has 3 N–H and O–H groups in total. The van der Waals surface area contributed by atoms with Gasteiger partial charge in [0.15, 0.2) is 11.6 Å². The number of rotatable bonds is 4. The Balaban J connectivity index is 2.30. The van der Waals surface area contributed by atoms with Crippen molar-refractivity contribution in [1.29, 1.82) is 0 Å². The molecule has 1 aromatic heterocycles. The lowest BCUT2D eigenvalue weighted by Crippen LogP contribution is -2.11. The topological polar surface area (TPSA) is 63.8 Å². The van der Waals surface area contributed by atoms with Crippen LogP contribution in [0.4, 0.5) is 24.8 Å². The molecule has 0 aromatic carbocycles. The van der Waals surface area contributed by atoms with Gasteiger partial charge in [-0.3, -0.25) is 0 Å². The first-order valence-electron chi connectivity index (χ1n) is 4.00. The Morgan fingerprint density at radius 2 is 2.00 bits per heavy atom. The predicted octanol–water partition coefficient (Wildman–Crippen LogP) is 1.72. The van der Waals surface area contributed by atoms with Gasteiger partial charge in [-0.05, 0) is 11.8 Å². The summed E-state index contributed by atoms with van der Waals surface area (Å²) < 4.78 is 35.2. The quantitative estimate of drug-likeness (QED) is 0.782. The second-order valence-electron chi connectivity index (χ2n) is 2.51. The second kappa shape index (κ2) is 5.06. The average molecular weight is 238 g/mol. The third-order valence-corrected chi connectivity index (χ3v) is 2.12. The molecule has 0 aliphatic heterocycles. The molecule has 0 bridgehead atoms. The number of nitrogens with zero attached hydrogens (tertiary/aromatic N) is 2. The minimum absolute atomic E-state index is 0.0928. The number of hydrogen-bond donors (Lipinski definition) is 2. The molecular formula is C7H9F3N4S. The predicted molar refractivity (Wildman–Crippen MR) is 53.4 cm³/mol. The maximum Gasteiger partial charge on any atom is 0.441 e. The summed E-state index contributed by atoms with van der Waals surface area (Å²) >= 11 is -0.0928. The molecule has 8 heteroatoms. The number of hydrogen-bond acceptors (Lipinski definition) is 5. The Hall–Kier alpha value is -1.18. The highest BCUT2D eigenvalue weighted by atomic mass is 32.2. The Kier molecular flexibility index (Phi) is 4.01. The molecule has 4 nitrogen and oxygen atoms in total. The van der Waals surface area contributed by atoms with Gasteiger partial charge >= 0.3 is 5.51 Å². The van der Waals surface area contributed by atoms with Crippen LogP contribution in [0.25, 0.3) is 0 Å². The zero-order valence-electron chi connectivity index (χ0n) is 7.58. The molecule has 0 unspecified atom stereocenters. The standard InChI is InChI=1S/C7H9F3N4S/c8-7(9,10)15-4-3-14-6-5(11)12-1-2-13-6/h1-2H,3-4H2,(H2,11,12)(H,13,14). The van der Waals surface area contributed by atoms with Crippen molar-refractivity contribution in [1.82, 2.24) is 9.97 Å². The Bertz CT molecular complexity index is 317. The molecule has 1 aromatic rings. The van der Waals surface area contributed by atoms with Crippen LogP contribution in [-0.4, -0.2) is 27.8 Å². The van der Waals surface area contributed by atoms with E-state index in [4.69, 9.17) is 5.73 Å². The summed E-state index contributed by atoms with van der Waals surface area (Å²) in [7, 11) is 0. The lowest BCUT2D eigenvalue weighted by atomic mass is 10.5. The highest BCUT2D eigenvalue weighted by Crippen LogP contribution is 2.29. The zero-order valence-corrected chi connectivity index (χ0v) is 8.40. The third-order valence-electron chi connectivity index (χ3n) is 1.39. The fourth-order valence-corrected chi connectivity index (χ4v) is 1.26. The number of thioether (sulfide) groups is 1. The second-order valence-corrected chi connectivity index (χ2v) is 3.67. The van der Waals surface area contributed by atoms with Crippen molar-refractivity contribution in [3.05, 3.63) is 12.4 Å². The van der Waals surface area contributed by atoms with Crippen LogP contribution in [0.15, 0.2) is 12.4 Å². The smallest absolute Gasteiger partial charge is 0.381 e. The first kappa shape index (κ1) is 11.9. The van der Waals surface area contributed by atoms with E-state index in [2.05, 4.69) is 15.3 Å². The monoisotopic (exact) mass is 238 g/mol. The van der Waals surface area contributed by atoms with Gasteiger partial charge in [-0.1, -0.05) is 0 Å². The number of nitrogen functional groups attached to an aromatic ring is 1. The fourth-order valence-electron chi connectivity index (χ4n) is 0.821. The molecule has 0 saturated heterocycles. The summed E-state index contributed by atoms with van der Waals surface area (Å²) in [5.41, 5.74) is 1.22. The van der Waals surface area contributed by atoms with Gasteiger partial charge in [0.2, 0.25) is 0 Å². The molecule has 1 heterocycles. The Morgan fingerprint density at radius 1 is 1.33 bits per heavy atom. The van der Waals surface area contributed by atoms with Crippen molar-refractivity contribution >= 4 is 23.4 Å². The summed E-state index contributed by atoms with van der Waals surface area (Å²) in [6, 6.07) is 0. The number of nitrogens with two attached hydrogens (primary N) is 1. The van der Waals surface area contributed by atoms with Crippen molar-refractivity contribution in [2.24, 2.45) is 0 Å². The molecule has 1 rings (SSSR count). The van der Waals surface area contributed by atoms with Crippen LogP contribution >= 0.6 is 11.8 Å². The van der Waals surface area contributed by atoms with E-state index in [1.165, 1.54) is 12.4 Å². The van der Waals surface area contributed by atoms with Crippen molar-refractivity contribution in [3.8, 4) is 0 Å². The van der Waals surface area contributed by atoms with Gasteiger partial charge in [0, 0.05) is 24.7 Å². The molecule has 0 radical (unpaired) electrons.